The lowest BCUT2D eigenvalue weighted by Crippen LogP contribution is -2.07. The molecule has 0 amide bonds. The monoisotopic (exact) mass is 224 g/mol. The summed E-state index contributed by atoms with van der Waals surface area (Å²) in [6, 6.07) is 3.60. The number of carbonyl (C=O) groups is 1. The van der Waals surface area contributed by atoms with Crippen molar-refractivity contribution in [3.8, 4) is 0 Å². The van der Waals surface area contributed by atoms with Gasteiger partial charge in [-0.25, -0.2) is 9.31 Å². The van der Waals surface area contributed by atoms with E-state index in [0.29, 0.717) is 22.7 Å². The van der Waals surface area contributed by atoms with E-state index in [1.54, 1.807) is 23.7 Å². The highest BCUT2D eigenvalue weighted by Crippen LogP contribution is 2.21. The number of ether oxygens (including phenoxy) is 1. The summed E-state index contributed by atoms with van der Waals surface area (Å²) >= 11 is 6.05. The first kappa shape index (κ1) is 9.98. The third-order valence-electron chi connectivity index (χ3n) is 2.00. The molecule has 0 saturated heterocycles. The van der Waals surface area contributed by atoms with E-state index in [0.717, 1.165) is 0 Å². The lowest BCUT2D eigenvalue weighted by molar-refractivity contribution is 0.0526. The van der Waals surface area contributed by atoms with Crippen LogP contribution in [0.5, 0.6) is 0 Å². The van der Waals surface area contributed by atoms with Crippen LogP contribution >= 0.6 is 11.6 Å². The van der Waals surface area contributed by atoms with Crippen LogP contribution in [0.15, 0.2) is 24.5 Å². The molecule has 2 aromatic heterocycles. The molecule has 2 rings (SSSR count). The van der Waals surface area contributed by atoms with Gasteiger partial charge in [-0.3, -0.25) is 0 Å². The molecule has 0 unspecified atom stereocenters. The van der Waals surface area contributed by atoms with Gasteiger partial charge in [-0.15, -0.1) is 0 Å². The number of hydrogen-bond acceptors (Lipinski definition) is 3. The molecule has 0 aliphatic heterocycles. The molecular weight excluding hydrogens is 216 g/mol. The van der Waals surface area contributed by atoms with Crippen LogP contribution in [0, 0.1) is 0 Å². The van der Waals surface area contributed by atoms with Crippen molar-refractivity contribution >= 4 is 23.1 Å². The van der Waals surface area contributed by atoms with E-state index >= 15 is 0 Å². The van der Waals surface area contributed by atoms with Crippen LogP contribution in [-0.4, -0.2) is 22.2 Å². The van der Waals surface area contributed by atoms with Crippen LogP contribution in [0.3, 0.4) is 0 Å². The maximum Gasteiger partial charge on any atom is 0.341 e. The molecule has 5 heteroatoms. The molecule has 0 bridgehead atoms. The summed E-state index contributed by atoms with van der Waals surface area (Å²) in [5.74, 6) is -0.446. The van der Waals surface area contributed by atoms with E-state index in [-0.39, 0.29) is 0 Å². The van der Waals surface area contributed by atoms with E-state index in [4.69, 9.17) is 16.3 Å². The van der Waals surface area contributed by atoms with Gasteiger partial charge in [0.1, 0.15) is 5.56 Å². The highest BCUT2D eigenvalue weighted by molar-refractivity contribution is 6.36. The first-order valence-electron chi connectivity index (χ1n) is 4.53. The molecule has 0 saturated carbocycles. The van der Waals surface area contributed by atoms with Gasteiger partial charge < -0.3 is 4.74 Å². The van der Waals surface area contributed by atoms with Gasteiger partial charge in [0, 0.05) is 6.20 Å². The number of nitrogens with zero attached hydrogens (tertiary/aromatic N) is 2. The topological polar surface area (TPSA) is 43.6 Å². The van der Waals surface area contributed by atoms with E-state index in [2.05, 4.69) is 5.10 Å². The number of aromatic nitrogens is 2. The van der Waals surface area contributed by atoms with Gasteiger partial charge in [0.15, 0.2) is 0 Å². The van der Waals surface area contributed by atoms with Crippen molar-refractivity contribution in [2.75, 3.05) is 6.61 Å². The zero-order valence-corrected chi connectivity index (χ0v) is 8.86. The second-order valence-corrected chi connectivity index (χ2v) is 3.31. The van der Waals surface area contributed by atoms with Gasteiger partial charge in [-0.05, 0) is 19.1 Å². The molecule has 0 spiro atoms. The van der Waals surface area contributed by atoms with Gasteiger partial charge in [0.05, 0.1) is 23.3 Å². The molecule has 0 aliphatic carbocycles. The molecule has 15 heavy (non-hydrogen) atoms. The third kappa shape index (κ3) is 1.68. The van der Waals surface area contributed by atoms with E-state index < -0.39 is 5.97 Å². The van der Waals surface area contributed by atoms with Crippen molar-refractivity contribution in [3.05, 3.63) is 35.1 Å². The summed E-state index contributed by atoms with van der Waals surface area (Å²) < 4.78 is 6.46. The first-order chi connectivity index (χ1) is 7.24. The average molecular weight is 225 g/mol. The van der Waals surface area contributed by atoms with Gasteiger partial charge in [-0.2, -0.15) is 5.10 Å². The third-order valence-corrected chi connectivity index (χ3v) is 2.39. The largest absolute Gasteiger partial charge is 0.462 e. The Kier molecular flexibility index (Phi) is 2.60. The normalized spacial score (nSPS) is 10.5. The van der Waals surface area contributed by atoms with Crippen molar-refractivity contribution in [1.82, 2.24) is 9.61 Å². The molecule has 4 nitrogen and oxygen atoms in total. The molecule has 2 heterocycles. The van der Waals surface area contributed by atoms with Crippen LogP contribution < -0.4 is 0 Å². The number of esters is 1. The van der Waals surface area contributed by atoms with Crippen molar-refractivity contribution in [2.24, 2.45) is 0 Å². The molecule has 0 N–H and O–H groups in total. The minimum absolute atomic E-state index is 0.296. The first-order valence-corrected chi connectivity index (χ1v) is 4.90. The molecule has 0 atom stereocenters. The van der Waals surface area contributed by atoms with E-state index in [1.807, 2.05) is 6.07 Å². The summed E-state index contributed by atoms with van der Waals surface area (Å²) in [6.07, 6.45) is 3.17. The molecule has 2 aromatic rings. The SMILES string of the molecule is CCOC(=O)c1cnn2cccc2c1Cl. The summed E-state index contributed by atoms with van der Waals surface area (Å²) in [4.78, 5) is 11.5. The second-order valence-electron chi connectivity index (χ2n) is 2.93. The molecule has 0 aliphatic rings. The van der Waals surface area contributed by atoms with Crippen molar-refractivity contribution in [3.63, 3.8) is 0 Å². The Balaban J connectivity index is 2.52. The lowest BCUT2D eigenvalue weighted by Gasteiger charge is -2.04. The predicted molar refractivity (Wildman–Crippen MR) is 56.2 cm³/mol. The average Bonchev–Trinajstić information content (AvgIpc) is 2.67. The molecule has 0 fully saturated rings. The van der Waals surface area contributed by atoms with Crippen molar-refractivity contribution < 1.29 is 9.53 Å². The van der Waals surface area contributed by atoms with Gasteiger partial charge in [-0.1, -0.05) is 11.6 Å². The van der Waals surface area contributed by atoms with E-state index in [1.165, 1.54) is 6.20 Å². The Morgan fingerprint density at radius 3 is 3.20 bits per heavy atom. The van der Waals surface area contributed by atoms with Gasteiger partial charge in [0.2, 0.25) is 0 Å². The predicted octanol–water partition coefficient (Wildman–Crippen LogP) is 2.16. The standard InChI is InChI=1S/C10H9ClN2O2/c1-2-15-10(14)7-6-12-13-5-3-4-8(13)9(7)11/h3-6H,2H2,1H3. The van der Waals surface area contributed by atoms with Crippen LogP contribution in [-0.2, 0) is 4.74 Å². The Labute approximate surface area is 91.4 Å². The fourth-order valence-electron chi connectivity index (χ4n) is 1.31. The summed E-state index contributed by atoms with van der Waals surface area (Å²) in [6.45, 7) is 2.07. The molecular formula is C10H9ClN2O2. The highest BCUT2D eigenvalue weighted by atomic mass is 35.5. The second kappa shape index (κ2) is 3.90. The zero-order chi connectivity index (χ0) is 10.8. The smallest absolute Gasteiger partial charge is 0.341 e. The minimum Gasteiger partial charge on any atom is -0.462 e. The van der Waals surface area contributed by atoms with Gasteiger partial charge in [0.25, 0.3) is 0 Å². The number of halogens is 1. The fourth-order valence-corrected chi connectivity index (χ4v) is 1.59. The Bertz CT molecular complexity index is 507. The zero-order valence-electron chi connectivity index (χ0n) is 8.11. The summed E-state index contributed by atoms with van der Waals surface area (Å²) in [5.41, 5.74) is 0.993. The summed E-state index contributed by atoms with van der Waals surface area (Å²) in [5, 5.41) is 4.41. The Hall–Kier alpha value is -1.55. The Morgan fingerprint density at radius 1 is 1.67 bits per heavy atom. The number of hydrogen-bond donors (Lipinski definition) is 0. The fraction of sp³-hybridized carbons (Fsp3) is 0.200. The number of fused-ring (bicyclic) bond motifs is 1. The van der Waals surface area contributed by atoms with Crippen LogP contribution in [0.4, 0.5) is 0 Å². The lowest BCUT2D eigenvalue weighted by atomic mass is 10.3. The Morgan fingerprint density at radius 2 is 2.47 bits per heavy atom. The molecule has 0 radical (unpaired) electrons. The van der Waals surface area contributed by atoms with E-state index in [9.17, 15) is 4.79 Å². The molecule has 78 valence electrons. The van der Waals surface area contributed by atoms with Crippen molar-refractivity contribution in [2.45, 2.75) is 6.92 Å². The number of carbonyl (C=O) groups excluding carboxylic acids is 1. The van der Waals surface area contributed by atoms with Crippen LogP contribution in [0.25, 0.3) is 5.52 Å². The maximum absolute atomic E-state index is 11.5. The van der Waals surface area contributed by atoms with Crippen molar-refractivity contribution in [1.29, 1.82) is 0 Å². The summed E-state index contributed by atoms with van der Waals surface area (Å²) in [7, 11) is 0. The van der Waals surface area contributed by atoms with Crippen LogP contribution in [0.2, 0.25) is 5.02 Å². The maximum atomic E-state index is 11.5. The highest BCUT2D eigenvalue weighted by Gasteiger charge is 2.14. The van der Waals surface area contributed by atoms with Gasteiger partial charge >= 0.3 is 5.97 Å². The minimum atomic E-state index is -0.446. The molecule has 0 aromatic carbocycles. The quantitative estimate of drug-likeness (QED) is 0.735. The number of rotatable bonds is 2. The van der Waals surface area contributed by atoms with Crippen LogP contribution in [0.1, 0.15) is 17.3 Å².